The maximum atomic E-state index is 11.9. The number of nitrogens with one attached hydrogen (secondary N) is 1. The van der Waals surface area contributed by atoms with E-state index in [0.717, 1.165) is 6.26 Å². The molecule has 8 heteroatoms. The highest BCUT2D eigenvalue weighted by atomic mass is 32.2. The summed E-state index contributed by atoms with van der Waals surface area (Å²) in [6.45, 7) is 2.55. The van der Waals surface area contributed by atoms with Gasteiger partial charge in [-0.1, -0.05) is 0 Å². The molecular formula is C11H12N2O5S. The number of benzene rings is 1. The zero-order valence-electron chi connectivity index (χ0n) is 10.3. The monoisotopic (exact) mass is 284 g/mol. The summed E-state index contributed by atoms with van der Waals surface area (Å²) in [7, 11) is -3.94. The number of carbonyl (C=O) groups is 2. The third-order valence-electron chi connectivity index (χ3n) is 2.44. The molecule has 1 aliphatic rings. The van der Waals surface area contributed by atoms with E-state index < -0.39 is 21.9 Å². The summed E-state index contributed by atoms with van der Waals surface area (Å²) in [5.41, 5.74) is 0.908. The first-order valence-corrected chi connectivity index (χ1v) is 7.31. The molecule has 2 amide bonds. The summed E-state index contributed by atoms with van der Waals surface area (Å²) in [6, 6.07) is 4.58. The molecule has 0 aromatic heterocycles. The minimum atomic E-state index is -3.94. The summed E-state index contributed by atoms with van der Waals surface area (Å²) in [6.07, 6.45) is 0.764. The van der Waals surface area contributed by atoms with Crippen molar-refractivity contribution in [1.29, 1.82) is 0 Å². The van der Waals surface area contributed by atoms with Gasteiger partial charge in [-0.3, -0.25) is 9.59 Å². The lowest BCUT2D eigenvalue weighted by atomic mass is 10.1. The minimum absolute atomic E-state index is 0.118. The highest BCUT2D eigenvalue weighted by molar-refractivity contribution is 7.85. The van der Waals surface area contributed by atoms with Crippen molar-refractivity contribution in [3.8, 4) is 0 Å². The second-order valence-corrected chi connectivity index (χ2v) is 5.53. The van der Waals surface area contributed by atoms with E-state index in [9.17, 15) is 18.0 Å². The summed E-state index contributed by atoms with van der Waals surface area (Å²) in [5.74, 6) is -1.57. The zero-order valence-corrected chi connectivity index (χ0v) is 11.2. The van der Waals surface area contributed by atoms with Crippen LogP contribution in [0.3, 0.4) is 0 Å². The van der Waals surface area contributed by atoms with E-state index in [1.54, 1.807) is 6.07 Å². The molecule has 0 saturated heterocycles. The van der Waals surface area contributed by atoms with Gasteiger partial charge in [0.1, 0.15) is 0 Å². The van der Waals surface area contributed by atoms with Crippen LogP contribution in [0.1, 0.15) is 27.6 Å². The van der Waals surface area contributed by atoms with E-state index in [4.69, 9.17) is 0 Å². The third-order valence-corrected chi connectivity index (χ3v) is 2.86. The maximum Gasteiger partial charge on any atom is 0.287 e. The van der Waals surface area contributed by atoms with Gasteiger partial charge in [-0.2, -0.15) is 8.42 Å². The van der Waals surface area contributed by atoms with Crippen LogP contribution in [0, 0.1) is 0 Å². The Morgan fingerprint density at radius 2 is 1.84 bits per heavy atom. The van der Waals surface area contributed by atoms with Crippen LogP contribution in [-0.4, -0.2) is 38.1 Å². The molecular weight excluding hydrogens is 272 g/mol. The van der Waals surface area contributed by atoms with E-state index >= 15 is 0 Å². The van der Waals surface area contributed by atoms with Crippen molar-refractivity contribution in [1.82, 2.24) is 5.06 Å². The summed E-state index contributed by atoms with van der Waals surface area (Å²) >= 11 is 0. The predicted molar refractivity (Wildman–Crippen MR) is 67.0 cm³/mol. The Balaban J connectivity index is 2.38. The number of hydrogen-bond donors (Lipinski definition) is 1. The van der Waals surface area contributed by atoms with Crippen molar-refractivity contribution < 1.29 is 22.3 Å². The Morgan fingerprint density at radius 1 is 1.21 bits per heavy atom. The number of nitrogens with zero attached hydrogens (tertiary/aromatic N) is 1. The van der Waals surface area contributed by atoms with Crippen molar-refractivity contribution >= 4 is 27.6 Å². The molecule has 1 aromatic carbocycles. The molecule has 19 heavy (non-hydrogen) atoms. The molecule has 0 unspecified atom stereocenters. The van der Waals surface area contributed by atoms with E-state index in [1.807, 2.05) is 6.92 Å². The number of fused-ring (bicyclic) bond motifs is 1. The first kappa shape index (κ1) is 13.5. The van der Waals surface area contributed by atoms with E-state index in [2.05, 4.69) is 9.60 Å². The summed E-state index contributed by atoms with van der Waals surface area (Å²) in [4.78, 5) is 23.8. The SMILES string of the molecule is CCNc1ccc2c(c1)C(=O)N(OS(C)(=O)=O)C2=O. The molecule has 0 spiro atoms. The van der Waals surface area contributed by atoms with Gasteiger partial charge in [0.25, 0.3) is 21.9 Å². The highest BCUT2D eigenvalue weighted by Crippen LogP contribution is 2.26. The fourth-order valence-corrected chi connectivity index (χ4v) is 2.14. The molecule has 7 nitrogen and oxygen atoms in total. The molecule has 1 N–H and O–H groups in total. The molecule has 102 valence electrons. The molecule has 1 heterocycles. The number of amides is 2. The van der Waals surface area contributed by atoms with Gasteiger partial charge < -0.3 is 5.32 Å². The van der Waals surface area contributed by atoms with Gasteiger partial charge in [-0.25, -0.2) is 0 Å². The lowest BCUT2D eigenvalue weighted by Crippen LogP contribution is -2.32. The first-order chi connectivity index (χ1) is 8.83. The largest absolute Gasteiger partial charge is 0.385 e. The molecule has 0 aliphatic carbocycles. The number of carbonyl (C=O) groups excluding carboxylic acids is 2. The third kappa shape index (κ3) is 2.59. The average Bonchev–Trinajstić information content (AvgIpc) is 2.53. The van der Waals surface area contributed by atoms with Gasteiger partial charge >= 0.3 is 0 Å². The Bertz CT molecular complexity index is 653. The van der Waals surface area contributed by atoms with E-state index in [0.29, 0.717) is 12.2 Å². The smallest absolute Gasteiger partial charge is 0.287 e. The molecule has 0 radical (unpaired) electrons. The molecule has 1 aliphatic heterocycles. The van der Waals surface area contributed by atoms with Crippen LogP contribution >= 0.6 is 0 Å². The minimum Gasteiger partial charge on any atom is -0.385 e. The van der Waals surface area contributed by atoms with Crippen molar-refractivity contribution in [3.05, 3.63) is 29.3 Å². The molecule has 0 saturated carbocycles. The maximum absolute atomic E-state index is 11.9. The molecule has 1 aromatic rings. The van der Waals surface area contributed by atoms with E-state index in [-0.39, 0.29) is 16.2 Å². The Kier molecular flexibility index (Phi) is 3.29. The topological polar surface area (TPSA) is 92.8 Å². The molecule has 0 bridgehead atoms. The van der Waals surface area contributed by atoms with Gasteiger partial charge in [0.2, 0.25) is 0 Å². The highest BCUT2D eigenvalue weighted by Gasteiger charge is 2.39. The average molecular weight is 284 g/mol. The molecule has 0 atom stereocenters. The molecule has 2 rings (SSSR count). The lowest BCUT2D eigenvalue weighted by molar-refractivity contribution is -0.00980. The second-order valence-electron chi connectivity index (χ2n) is 3.97. The van der Waals surface area contributed by atoms with Gasteiger partial charge in [0.05, 0.1) is 17.4 Å². The normalized spacial score (nSPS) is 14.7. The van der Waals surface area contributed by atoms with Crippen LogP contribution in [0.15, 0.2) is 18.2 Å². The van der Waals surface area contributed by atoms with Crippen molar-refractivity contribution in [2.75, 3.05) is 18.1 Å². The second kappa shape index (κ2) is 4.63. The fraction of sp³-hybridized carbons (Fsp3) is 0.273. The van der Waals surface area contributed by atoms with Crippen LogP contribution in [0.5, 0.6) is 0 Å². The Labute approximate surface area is 110 Å². The zero-order chi connectivity index (χ0) is 14.2. The van der Waals surface area contributed by atoms with Crippen molar-refractivity contribution in [2.45, 2.75) is 6.92 Å². The number of imide groups is 1. The Hall–Kier alpha value is -1.93. The van der Waals surface area contributed by atoms with Crippen LogP contribution in [0.4, 0.5) is 5.69 Å². The van der Waals surface area contributed by atoms with Crippen LogP contribution < -0.4 is 5.32 Å². The summed E-state index contributed by atoms with van der Waals surface area (Å²) in [5, 5.41) is 3.25. The van der Waals surface area contributed by atoms with Crippen LogP contribution in [0.2, 0.25) is 0 Å². The molecule has 0 fully saturated rings. The van der Waals surface area contributed by atoms with Gasteiger partial charge in [-0.05, 0) is 25.1 Å². The standard InChI is InChI=1S/C11H12N2O5S/c1-3-12-7-4-5-8-9(6-7)11(15)13(10(8)14)18-19(2,16)17/h4-6,12H,3H2,1-2H3. The lowest BCUT2D eigenvalue weighted by Gasteiger charge is -2.09. The van der Waals surface area contributed by atoms with E-state index in [1.165, 1.54) is 12.1 Å². The quantitative estimate of drug-likeness (QED) is 0.814. The fourth-order valence-electron chi connectivity index (χ4n) is 1.74. The van der Waals surface area contributed by atoms with Gasteiger partial charge in [0, 0.05) is 12.2 Å². The van der Waals surface area contributed by atoms with Crippen LogP contribution in [-0.2, 0) is 14.4 Å². The number of hydroxylamine groups is 2. The van der Waals surface area contributed by atoms with Crippen LogP contribution in [0.25, 0.3) is 0 Å². The predicted octanol–water partition coefficient (Wildman–Crippen LogP) is 0.606. The summed E-state index contributed by atoms with van der Waals surface area (Å²) < 4.78 is 26.4. The first-order valence-electron chi connectivity index (χ1n) is 5.49. The van der Waals surface area contributed by atoms with Crippen molar-refractivity contribution in [3.63, 3.8) is 0 Å². The van der Waals surface area contributed by atoms with Crippen molar-refractivity contribution in [2.24, 2.45) is 0 Å². The van der Waals surface area contributed by atoms with Gasteiger partial charge in [0.15, 0.2) is 0 Å². The Morgan fingerprint density at radius 3 is 2.42 bits per heavy atom. The number of hydrogen-bond acceptors (Lipinski definition) is 6. The number of anilines is 1. The van der Waals surface area contributed by atoms with Gasteiger partial charge in [-0.15, -0.1) is 9.35 Å². The number of rotatable bonds is 4.